The van der Waals surface area contributed by atoms with Gasteiger partial charge in [-0.05, 0) is 36.3 Å². The largest absolute Gasteiger partial charge is 0.449 e. The van der Waals surface area contributed by atoms with Crippen molar-refractivity contribution in [1.82, 2.24) is 10.6 Å². The van der Waals surface area contributed by atoms with E-state index in [9.17, 15) is 18.8 Å². The Hall–Kier alpha value is -3.48. The van der Waals surface area contributed by atoms with E-state index in [0.717, 1.165) is 11.6 Å². The maximum Gasteiger partial charge on any atom is 0.331 e. The third-order valence-electron chi connectivity index (χ3n) is 3.46. The quantitative estimate of drug-likeness (QED) is 0.605. The summed E-state index contributed by atoms with van der Waals surface area (Å²) in [5.74, 6) is -1.97. The molecule has 0 aliphatic heterocycles. The molecular formula is C20H19FN2O4. The summed E-state index contributed by atoms with van der Waals surface area (Å²) in [5.41, 5.74) is 1.35. The molecule has 0 saturated heterocycles. The van der Waals surface area contributed by atoms with Crippen LogP contribution in [0, 0.1) is 5.82 Å². The smallest absolute Gasteiger partial charge is 0.331 e. The Morgan fingerprint density at radius 3 is 2.56 bits per heavy atom. The lowest BCUT2D eigenvalue weighted by Gasteiger charge is -2.12. The maximum atomic E-state index is 13.1. The molecule has 6 nitrogen and oxygen atoms in total. The fraction of sp³-hybridized carbons (Fsp3) is 0.150. The number of carbonyl (C=O) groups is 3. The van der Waals surface area contributed by atoms with Crippen molar-refractivity contribution in [2.24, 2.45) is 0 Å². The lowest BCUT2D eigenvalue weighted by Crippen LogP contribution is -2.44. The van der Waals surface area contributed by atoms with E-state index in [-0.39, 0.29) is 6.54 Å². The molecule has 1 atom stereocenters. The van der Waals surface area contributed by atoms with E-state index in [1.165, 1.54) is 31.2 Å². The van der Waals surface area contributed by atoms with Crippen LogP contribution in [0.5, 0.6) is 0 Å². The van der Waals surface area contributed by atoms with Gasteiger partial charge in [0.25, 0.3) is 5.91 Å². The van der Waals surface area contributed by atoms with Crippen LogP contribution in [-0.4, -0.2) is 24.0 Å². The van der Waals surface area contributed by atoms with Crippen molar-refractivity contribution >= 4 is 24.0 Å². The van der Waals surface area contributed by atoms with Gasteiger partial charge in [-0.2, -0.15) is 0 Å². The highest BCUT2D eigenvalue weighted by molar-refractivity contribution is 5.98. The molecule has 2 rings (SSSR count). The number of esters is 1. The van der Waals surface area contributed by atoms with Gasteiger partial charge in [0.15, 0.2) is 6.10 Å². The van der Waals surface area contributed by atoms with E-state index in [1.54, 1.807) is 6.07 Å². The molecule has 3 amide bonds. The van der Waals surface area contributed by atoms with Gasteiger partial charge in [-0.15, -0.1) is 0 Å². The Labute approximate surface area is 156 Å². The number of imide groups is 1. The number of nitrogens with one attached hydrogen (secondary N) is 2. The van der Waals surface area contributed by atoms with Gasteiger partial charge in [0, 0.05) is 12.6 Å². The lowest BCUT2D eigenvalue weighted by atomic mass is 10.2. The van der Waals surface area contributed by atoms with Gasteiger partial charge >= 0.3 is 12.0 Å². The first-order valence-electron chi connectivity index (χ1n) is 8.21. The van der Waals surface area contributed by atoms with Gasteiger partial charge in [0.1, 0.15) is 5.82 Å². The van der Waals surface area contributed by atoms with Crippen LogP contribution in [0.1, 0.15) is 18.1 Å². The van der Waals surface area contributed by atoms with Crippen LogP contribution in [0.2, 0.25) is 0 Å². The first kappa shape index (κ1) is 19.8. The standard InChI is InChI=1S/C20H19FN2O4/c1-14(27-18(24)11-10-15-8-5-9-17(21)12-15)19(25)23-20(26)22-13-16-6-3-2-4-7-16/h2-12,14H,13H2,1H3,(H2,22,23,25,26)/b11-10+. The fourth-order valence-corrected chi connectivity index (χ4v) is 2.08. The number of ether oxygens (including phenoxy) is 1. The second kappa shape index (κ2) is 9.86. The summed E-state index contributed by atoms with van der Waals surface area (Å²) in [6.45, 7) is 1.60. The van der Waals surface area contributed by atoms with E-state index >= 15 is 0 Å². The van der Waals surface area contributed by atoms with Crippen LogP contribution < -0.4 is 10.6 Å². The SMILES string of the molecule is CC(OC(=O)/C=C/c1cccc(F)c1)C(=O)NC(=O)NCc1ccccc1. The van der Waals surface area contributed by atoms with Gasteiger partial charge in [-0.1, -0.05) is 42.5 Å². The molecule has 2 aromatic rings. The van der Waals surface area contributed by atoms with Gasteiger partial charge < -0.3 is 10.1 Å². The molecule has 140 valence electrons. The van der Waals surface area contributed by atoms with E-state index < -0.39 is 29.8 Å². The molecule has 0 spiro atoms. The number of benzene rings is 2. The summed E-state index contributed by atoms with van der Waals surface area (Å²) < 4.78 is 18.0. The van der Waals surface area contributed by atoms with E-state index in [4.69, 9.17) is 4.74 Å². The van der Waals surface area contributed by atoms with Crippen LogP contribution in [0.4, 0.5) is 9.18 Å². The van der Waals surface area contributed by atoms with Gasteiger partial charge in [0.05, 0.1) is 0 Å². The molecular weight excluding hydrogens is 351 g/mol. The van der Waals surface area contributed by atoms with Crippen molar-refractivity contribution in [3.8, 4) is 0 Å². The Morgan fingerprint density at radius 1 is 1.11 bits per heavy atom. The molecule has 0 aliphatic rings. The minimum absolute atomic E-state index is 0.254. The third-order valence-corrected chi connectivity index (χ3v) is 3.46. The molecule has 2 N–H and O–H groups in total. The zero-order valence-corrected chi connectivity index (χ0v) is 14.6. The first-order chi connectivity index (χ1) is 12.9. The third kappa shape index (κ3) is 7.11. The average molecular weight is 370 g/mol. The summed E-state index contributed by atoms with van der Waals surface area (Å²) in [6.07, 6.45) is 1.27. The molecule has 0 bridgehead atoms. The maximum absolute atomic E-state index is 13.1. The van der Waals surface area contributed by atoms with Crippen molar-refractivity contribution in [2.75, 3.05) is 0 Å². The Kier molecular flexibility index (Phi) is 7.25. The molecule has 0 saturated carbocycles. The minimum atomic E-state index is -1.17. The van der Waals surface area contributed by atoms with Crippen LogP contribution in [-0.2, 0) is 20.9 Å². The van der Waals surface area contributed by atoms with Crippen LogP contribution in [0.15, 0.2) is 60.7 Å². The topological polar surface area (TPSA) is 84.5 Å². The summed E-state index contributed by atoms with van der Waals surface area (Å²) in [6, 6.07) is 14.1. The molecule has 0 fully saturated rings. The van der Waals surface area contributed by atoms with E-state index in [1.807, 2.05) is 30.3 Å². The molecule has 27 heavy (non-hydrogen) atoms. The number of urea groups is 1. The molecule has 7 heteroatoms. The zero-order chi connectivity index (χ0) is 19.6. The van der Waals surface area contributed by atoms with Gasteiger partial charge in [-0.3, -0.25) is 10.1 Å². The summed E-state index contributed by atoms with van der Waals surface area (Å²) >= 11 is 0. The predicted molar refractivity (Wildman–Crippen MR) is 97.8 cm³/mol. The Morgan fingerprint density at radius 2 is 1.85 bits per heavy atom. The van der Waals surface area contributed by atoms with Crippen molar-refractivity contribution in [3.05, 3.63) is 77.6 Å². The monoisotopic (exact) mass is 370 g/mol. The number of rotatable bonds is 6. The highest BCUT2D eigenvalue weighted by Crippen LogP contribution is 2.06. The molecule has 0 aromatic heterocycles. The van der Waals surface area contributed by atoms with Crippen LogP contribution in [0.3, 0.4) is 0 Å². The second-order valence-corrected chi connectivity index (χ2v) is 5.62. The number of hydrogen-bond acceptors (Lipinski definition) is 4. The molecule has 2 aromatic carbocycles. The fourth-order valence-electron chi connectivity index (χ4n) is 2.08. The Balaban J connectivity index is 1.77. The number of hydrogen-bond donors (Lipinski definition) is 2. The first-order valence-corrected chi connectivity index (χ1v) is 8.21. The zero-order valence-electron chi connectivity index (χ0n) is 14.6. The lowest BCUT2D eigenvalue weighted by molar-refractivity contribution is -0.149. The number of carbonyl (C=O) groups excluding carboxylic acids is 3. The second-order valence-electron chi connectivity index (χ2n) is 5.62. The predicted octanol–water partition coefficient (Wildman–Crippen LogP) is 2.80. The van der Waals surface area contributed by atoms with E-state index in [2.05, 4.69) is 10.6 Å². The van der Waals surface area contributed by atoms with Gasteiger partial charge in [-0.25, -0.2) is 14.0 Å². The summed E-state index contributed by atoms with van der Waals surface area (Å²) in [4.78, 5) is 35.4. The van der Waals surface area contributed by atoms with Crippen LogP contribution in [0.25, 0.3) is 6.08 Å². The van der Waals surface area contributed by atoms with Crippen molar-refractivity contribution < 1.29 is 23.5 Å². The number of amides is 3. The van der Waals surface area contributed by atoms with Crippen LogP contribution >= 0.6 is 0 Å². The van der Waals surface area contributed by atoms with Crippen molar-refractivity contribution in [3.63, 3.8) is 0 Å². The van der Waals surface area contributed by atoms with E-state index in [0.29, 0.717) is 5.56 Å². The summed E-state index contributed by atoms with van der Waals surface area (Å²) in [7, 11) is 0. The van der Waals surface area contributed by atoms with Crippen molar-refractivity contribution in [1.29, 1.82) is 0 Å². The summed E-state index contributed by atoms with van der Waals surface area (Å²) in [5, 5.41) is 4.63. The number of halogens is 1. The highest BCUT2D eigenvalue weighted by atomic mass is 19.1. The van der Waals surface area contributed by atoms with Crippen molar-refractivity contribution in [2.45, 2.75) is 19.6 Å². The molecule has 1 unspecified atom stereocenters. The highest BCUT2D eigenvalue weighted by Gasteiger charge is 2.18. The minimum Gasteiger partial charge on any atom is -0.449 e. The normalized spacial score (nSPS) is 11.6. The Bertz CT molecular complexity index is 837. The molecule has 0 aliphatic carbocycles. The van der Waals surface area contributed by atoms with Gasteiger partial charge in [0.2, 0.25) is 0 Å². The molecule has 0 heterocycles. The average Bonchev–Trinajstić information content (AvgIpc) is 2.65. The molecule has 0 radical (unpaired) electrons.